The molecule has 0 saturated carbocycles. The van der Waals surface area contributed by atoms with Crippen LogP contribution in [-0.4, -0.2) is 36.2 Å². The van der Waals surface area contributed by atoms with E-state index < -0.39 is 24.4 Å². The smallest absolute Gasteiger partial charge is 0.338 e. The number of amides is 4. The molecule has 2 aromatic carbocycles. The van der Waals surface area contributed by atoms with Crippen molar-refractivity contribution in [2.75, 3.05) is 11.5 Å². The third-order valence-electron chi connectivity index (χ3n) is 5.92. The molecule has 1 saturated heterocycles. The summed E-state index contributed by atoms with van der Waals surface area (Å²) in [6, 6.07) is 14.2. The summed E-state index contributed by atoms with van der Waals surface area (Å²) in [4.78, 5) is 62.9. The van der Waals surface area contributed by atoms with Crippen molar-refractivity contribution >= 4 is 35.3 Å². The van der Waals surface area contributed by atoms with E-state index in [9.17, 15) is 24.0 Å². The van der Waals surface area contributed by atoms with Gasteiger partial charge in [0.1, 0.15) is 0 Å². The molecule has 4 rings (SSSR count). The monoisotopic (exact) mass is 461 g/mol. The summed E-state index contributed by atoms with van der Waals surface area (Å²) in [5.41, 5.74) is 5.29. The molecular weight excluding hydrogens is 438 g/mol. The zero-order chi connectivity index (χ0) is 24.2. The molecule has 2 aromatic rings. The molecule has 34 heavy (non-hydrogen) atoms. The van der Waals surface area contributed by atoms with Gasteiger partial charge in [0, 0.05) is 5.56 Å². The highest BCUT2D eigenvalue weighted by molar-refractivity contribution is 6.22. The van der Waals surface area contributed by atoms with Crippen molar-refractivity contribution in [3.63, 3.8) is 0 Å². The maximum Gasteiger partial charge on any atom is 0.338 e. The van der Waals surface area contributed by atoms with Crippen molar-refractivity contribution in [2.45, 2.75) is 13.3 Å². The van der Waals surface area contributed by atoms with Crippen molar-refractivity contribution in [3.05, 3.63) is 77.9 Å². The molecule has 3 atom stereocenters. The fraction of sp³-hybridized carbons (Fsp3) is 0.240. The van der Waals surface area contributed by atoms with Crippen molar-refractivity contribution in [1.82, 2.24) is 10.9 Å². The number of carbonyl (C=O) groups is 5. The standard InChI is InChI=1S/C25H23N3O6/c1-15-6-5-9-19-21(15)24(32)28(23(19)31)18-12-10-17(11-13-18)25(33)34-14-20(29)26-27-22(30)16-7-3-2-4-8-16/h2-8,10-13,15,19,21H,9,14H2,1H3,(H,26,29)(H,27,30)/t15-,19-,21+/m1/s1. The molecule has 4 amide bonds. The highest BCUT2D eigenvalue weighted by Gasteiger charge is 2.50. The Morgan fingerprint density at radius 2 is 1.65 bits per heavy atom. The Labute approximate surface area is 195 Å². The summed E-state index contributed by atoms with van der Waals surface area (Å²) in [6.45, 7) is 1.32. The number of ether oxygens (including phenoxy) is 1. The Kier molecular flexibility index (Phi) is 6.53. The van der Waals surface area contributed by atoms with Crippen LogP contribution in [0.1, 0.15) is 34.1 Å². The summed E-state index contributed by atoms with van der Waals surface area (Å²) in [5.74, 6) is -3.22. The van der Waals surface area contributed by atoms with E-state index in [2.05, 4.69) is 10.9 Å². The lowest BCUT2D eigenvalue weighted by atomic mass is 9.78. The van der Waals surface area contributed by atoms with Crippen LogP contribution in [0.25, 0.3) is 0 Å². The van der Waals surface area contributed by atoms with E-state index in [1.807, 2.05) is 19.1 Å². The largest absolute Gasteiger partial charge is 0.452 e. The van der Waals surface area contributed by atoms with Crippen LogP contribution >= 0.6 is 0 Å². The first-order chi connectivity index (χ1) is 16.4. The molecule has 9 heteroatoms. The number of imide groups is 1. The summed E-state index contributed by atoms with van der Waals surface area (Å²) < 4.78 is 4.97. The van der Waals surface area contributed by atoms with Crippen LogP contribution in [0.15, 0.2) is 66.7 Å². The zero-order valence-corrected chi connectivity index (χ0v) is 18.4. The van der Waals surface area contributed by atoms with E-state index in [1.54, 1.807) is 30.3 Å². The molecular formula is C25H23N3O6. The van der Waals surface area contributed by atoms with Gasteiger partial charge in [-0.25, -0.2) is 4.79 Å². The molecule has 0 radical (unpaired) electrons. The summed E-state index contributed by atoms with van der Waals surface area (Å²) in [5, 5.41) is 0. The number of hydrogen-bond acceptors (Lipinski definition) is 6. The fourth-order valence-corrected chi connectivity index (χ4v) is 4.19. The second-order valence-corrected chi connectivity index (χ2v) is 8.16. The first kappa shape index (κ1) is 22.9. The number of nitrogens with one attached hydrogen (secondary N) is 2. The topological polar surface area (TPSA) is 122 Å². The summed E-state index contributed by atoms with van der Waals surface area (Å²) >= 11 is 0. The van der Waals surface area contributed by atoms with Gasteiger partial charge in [0.15, 0.2) is 6.61 Å². The molecule has 0 spiro atoms. The van der Waals surface area contributed by atoms with Gasteiger partial charge in [-0.3, -0.25) is 34.9 Å². The first-order valence-corrected chi connectivity index (χ1v) is 10.8. The van der Waals surface area contributed by atoms with E-state index in [0.717, 1.165) is 0 Å². The predicted octanol–water partition coefficient (Wildman–Crippen LogP) is 2.01. The summed E-state index contributed by atoms with van der Waals surface area (Å²) in [6.07, 6.45) is 4.43. The Morgan fingerprint density at radius 3 is 2.32 bits per heavy atom. The second-order valence-electron chi connectivity index (χ2n) is 8.16. The number of esters is 1. The number of fused-ring (bicyclic) bond motifs is 1. The van der Waals surface area contributed by atoms with Gasteiger partial charge in [0.25, 0.3) is 11.8 Å². The molecule has 2 N–H and O–H groups in total. The van der Waals surface area contributed by atoms with E-state index in [1.165, 1.54) is 29.2 Å². The van der Waals surface area contributed by atoms with Crippen molar-refractivity contribution < 1.29 is 28.7 Å². The molecule has 1 fully saturated rings. The number of hydrazine groups is 1. The quantitative estimate of drug-likeness (QED) is 0.304. The molecule has 9 nitrogen and oxygen atoms in total. The lowest BCUT2D eigenvalue weighted by Crippen LogP contribution is -2.43. The number of allylic oxidation sites excluding steroid dienone is 2. The normalized spacial score (nSPS) is 21.1. The SMILES string of the molecule is C[C@@H]1C=CC[C@H]2C(=O)N(c3ccc(C(=O)OCC(=O)NNC(=O)c4ccccc4)cc3)C(=O)[C@@H]12. The van der Waals surface area contributed by atoms with Crippen LogP contribution in [-0.2, 0) is 19.1 Å². The van der Waals surface area contributed by atoms with Gasteiger partial charge in [-0.1, -0.05) is 37.3 Å². The van der Waals surface area contributed by atoms with Gasteiger partial charge in [-0.2, -0.15) is 0 Å². The fourth-order valence-electron chi connectivity index (χ4n) is 4.19. The number of nitrogens with zero attached hydrogens (tertiary/aromatic N) is 1. The average Bonchev–Trinajstić information content (AvgIpc) is 3.12. The Morgan fingerprint density at radius 1 is 0.941 bits per heavy atom. The molecule has 2 aliphatic rings. The minimum atomic E-state index is -0.762. The van der Waals surface area contributed by atoms with E-state index in [0.29, 0.717) is 17.7 Å². The minimum Gasteiger partial charge on any atom is -0.452 e. The molecule has 0 aromatic heterocycles. The molecule has 1 aliphatic carbocycles. The van der Waals surface area contributed by atoms with Gasteiger partial charge in [-0.05, 0) is 48.7 Å². The Hall–Kier alpha value is -4.27. The summed E-state index contributed by atoms with van der Waals surface area (Å²) in [7, 11) is 0. The van der Waals surface area contributed by atoms with E-state index in [-0.39, 0.29) is 35.1 Å². The predicted molar refractivity (Wildman–Crippen MR) is 121 cm³/mol. The second kappa shape index (κ2) is 9.70. The maximum absolute atomic E-state index is 12.9. The van der Waals surface area contributed by atoms with Gasteiger partial charge in [0.05, 0.1) is 23.1 Å². The van der Waals surface area contributed by atoms with Crippen LogP contribution < -0.4 is 15.8 Å². The van der Waals surface area contributed by atoms with Crippen molar-refractivity contribution in [1.29, 1.82) is 0 Å². The number of anilines is 1. The highest BCUT2D eigenvalue weighted by atomic mass is 16.5. The third-order valence-corrected chi connectivity index (χ3v) is 5.92. The van der Waals surface area contributed by atoms with Gasteiger partial charge in [-0.15, -0.1) is 0 Å². The minimum absolute atomic E-state index is 0.0157. The average molecular weight is 461 g/mol. The van der Waals surface area contributed by atoms with Crippen LogP contribution in [0.5, 0.6) is 0 Å². The van der Waals surface area contributed by atoms with Gasteiger partial charge >= 0.3 is 5.97 Å². The van der Waals surface area contributed by atoms with E-state index >= 15 is 0 Å². The van der Waals surface area contributed by atoms with Crippen LogP contribution in [0.4, 0.5) is 5.69 Å². The van der Waals surface area contributed by atoms with Gasteiger partial charge in [0.2, 0.25) is 11.8 Å². The van der Waals surface area contributed by atoms with E-state index in [4.69, 9.17) is 4.74 Å². The van der Waals surface area contributed by atoms with Crippen LogP contribution in [0.3, 0.4) is 0 Å². The first-order valence-electron chi connectivity index (χ1n) is 10.8. The molecule has 0 bridgehead atoms. The number of carbonyl (C=O) groups excluding carboxylic acids is 5. The van der Waals surface area contributed by atoms with Crippen molar-refractivity contribution in [2.24, 2.45) is 17.8 Å². The lowest BCUT2D eigenvalue weighted by Gasteiger charge is -2.22. The molecule has 174 valence electrons. The van der Waals surface area contributed by atoms with Crippen LogP contribution in [0, 0.1) is 17.8 Å². The Balaban J connectivity index is 1.30. The number of hydrogen-bond donors (Lipinski definition) is 2. The zero-order valence-electron chi connectivity index (χ0n) is 18.4. The highest BCUT2D eigenvalue weighted by Crippen LogP contribution is 2.40. The molecule has 1 heterocycles. The van der Waals surface area contributed by atoms with Crippen LogP contribution in [0.2, 0.25) is 0 Å². The molecule has 0 unspecified atom stereocenters. The lowest BCUT2D eigenvalue weighted by molar-refractivity contribution is -0.125. The van der Waals surface area contributed by atoms with Gasteiger partial charge < -0.3 is 4.74 Å². The maximum atomic E-state index is 12.9. The molecule has 1 aliphatic heterocycles. The third kappa shape index (κ3) is 4.59. The number of benzene rings is 2. The Bertz CT molecular complexity index is 1160. The number of rotatable bonds is 5. The van der Waals surface area contributed by atoms with Crippen molar-refractivity contribution in [3.8, 4) is 0 Å².